The van der Waals surface area contributed by atoms with E-state index in [4.69, 9.17) is 4.74 Å². The van der Waals surface area contributed by atoms with Gasteiger partial charge in [-0.2, -0.15) is 0 Å². The molecule has 0 atom stereocenters. The van der Waals surface area contributed by atoms with Crippen LogP contribution in [0.3, 0.4) is 0 Å². The Kier molecular flexibility index (Phi) is 6.21. The zero-order valence-electron chi connectivity index (χ0n) is 14.2. The molecule has 0 aliphatic carbocycles. The molecule has 3 nitrogen and oxygen atoms in total. The van der Waals surface area contributed by atoms with Crippen LogP contribution in [-0.2, 0) is 11.2 Å². The van der Waals surface area contributed by atoms with E-state index < -0.39 is 0 Å². The molecule has 122 valence electrons. The fraction of sp³-hybridized carbons (Fsp3) is 0.350. The standard InChI is InChI=1S/C20H25NO2/c1-4-17-10-5-6-11-18(17)21-20(22)13-8-14-23-19-12-7-9-15(2)16(19)3/h5-7,9-12H,4,8,13-14H2,1-3H3,(H,21,22). The summed E-state index contributed by atoms with van der Waals surface area (Å²) in [5, 5.41) is 2.99. The Morgan fingerprint density at radius 2 is 1.87 bits per heavy atom. The molecule has 0 aliphatic heterocycles. The van der Waals surface area contributed by atoms with Crippen LogP contribution in [-0.4, -0.2) is 12.5 Å². The fourth-order valence-corrected chi connectivity index (χ4v) is 2.46. The Hall–Kier alpha value is -2.29. The van der Waals surface area contributed by atoms with Gasteiger partial charge in [0.1, 0.15) is 5.75 Å². The SMILES string of the molecule is CCc1ccccc1NC(=O)CCCOc1cccc(C)c1C. The van der Waals surface area contributed by atoms with Gasteiger partial charge in [-0.25, -0.2) is 0 Å². The van der Waals surface area contributed by atoms with E-state index in [0.717, 1.165) is 29.0 Å². The van der Waals surface area contributed by atoms with Crippen molar-refractivity contribution in [2.24, 2.45) is 0 Å². The number of amides is 1. The molecule has 2 aromatic rings. The lowest BCUT2D eigenvalue weighted by molar-refractivity contribution is -0.116. The molecule has 0 radical (unpaired) electrons. The highest BCUT2D eigenvalue weighted by atomic mass is 16.5. The number of carbonyl (C=O) groups excluding carboxylic acids is 1. The number of ether oxygens (including phenoxy) is 1. The lowest BCUT2D eigenvalue weighted by Crippen LogP contribution is -2.14. The Labute approximate surface area is 138 Å². The van der Waals surface area contributed by atoms with E-state index in [-0.39, 0.29) is 5.91 Å². The minimum absolute atomic E-state index is 0.0375. The van der Waals surface area contributed by atoms with Crippen molar-refractivity contribution in [3.63, 3.8) is 0 Å². The van der Waals surface area contributed by atoms with Crippen LogP contribution >= 0.6 is 0 Å². The highest BCUT2D eigenvalue weighted by Gasteiger charge is 2.06. The van der Waals surface area contributed by atoms with E-state index in [1.807, 2.05) is 36.4 Å². The first-order valence-corrected chi connectivity index (χ1v) is 8.18. The van der Waals surface area contributed by atoms with Gasteiger partial charge in [0.05, 0.1) is 6.61 Å². The molecule has 2 rings (SSSR count). The molecule has 0 aromatic heterocycles. The van der Waals surface area contributed by atoms with E-state index in [2.05, 4.69) is 32.2 Å². The highest BCUT2D eigenvalue weighted by molar-refractivity contribution is 5.91. The molecule has 23 heavy (non-hydrogen) atoms. The average Bonchev–Trinajstić information content (AvgIpc) is 2.55. The van der Waals surface area contributed by atoms with E-state index in [9.17, 15) is 4.79 Å². The number of carbonyl (C=O) groups is 1. The third-order valence-corrected chi connectivity index (χ3v) is 4.03. The van der Waals surface area contributed by atoms with Gasteiger partial charge in [-0.3, -0.25) is 4.79 Å². The van der Waals surface area contributed by atoms with Gasteiger partial charge in [0.25, 0.3) is 0 Å². The zero-order chi connectivity index (χ0) is 16.7. The van der Waals surface area contributed by atoms with Gasteiger partial charge in [0.15, 0.2) is 0 Å². The molecule has 0 bridgehead atoms. The number of aryl methyl sites for hydroxylation is 2. The van der Waals surface area contributed by atoms with Crippen molar-refractivity contribution in [2.75, 3.05) is 11.9 Å². The molecule has 0 aliphatic rings. The predicted molar refractivity (Wildman–Crippen MR) is 95.1 cm³/mol. The van der Waals surface area contributed by atoms with Crippen LogP contribution in [0.2, 0.25) is 0 Å². The van der Waals surface area contributed by atoms with Gasteiger partial charge in [0, 0.05) is 12.1 Å². The van der Waals surface area contributed by atoms with Gasteiger partial charge >= 0.3 is 0 Å². The zero-order valence-corrected chi connectivity index (χ0v) is 14.2. The van der Waals surface area contributed by atoms with Crippen molar-refractivity contribution in [1.29, 1.82) is 0 Å². The fourth-order valence-electron chi connectivity index (χ4n) is 2.46. The lowest BCUT2D eigenvalue weighted by Gasteiger charge is -2.11. The first kappa shape index (κ1) is 17.1. The van der Waals surface area contributed by atoms with Crippen LogP contribution in [0.1, 0.15) is 36.5 Å². The summed E-state index contributed by atoms with van der Waals surface area (Å²) in [6.07, 6.45) is 2.07. The summed E-state index contributed by atoms with van der Waals surface area (Å²) in [6, 6.07) is 14.0. The average molecular weight is 311 g/mol. The minimum atomic E-state index is 0.0375. The van der Waals surface area contributed by atoms with Crippen LogP contribution < -0.4 is 10.1 Å². The van der Waals surface area contributed by atoms with Crippen LogP contribution in [0.25, 0.3) is 0 Å². The third-order valence-electron chi connectivity index (χ3n) is 4.03. The molecule has 1 N–H and O–H groups in total. The van der Waals surface area contributed by atoms with Crippen molar-refractivity contribution in [2.45, 2.75) is 40.0 Å². The van der Waals surface area contributed by atoms with Crippen molar-refractivity contribution in [3.8, 4) is 5.75 Å². The van der Waals surface area contributed by atoms with Gasteiger partial charge < -0.3 is 10.1 Å². The number of para-hydroxylation sites is 1. The molecule has 0 saturated heterocycles. The topological polar surface area (TPSA) is 38.3 Å². The highest BCUT2D eigenvalue weighted by Crippen LogP contribution is 2.21. The summed E-state index contributed by atoms with van der Waals surface area (Å²) in [6.45, 7) is 6.76. The summed E-state index contributed by atoms with van der Waals surface area (Å²) in [4.78, 5) is 12.0. The van der Waals surface area contributed by atoms with Crippen molar-refractivity contribution in [1.82, 2.24) is 0 Å². The van der Waals surface area contributed by atoms with Crippen molar-refractivity contribution in [3.05, 3.63) is 59.2 Å². The minimum Gasteiger partial charge on any atom is -0.493 e. The normalized spacial score (nSPS) is 10.4. The maximum atomic E-state index is 12.0. The molecule has 0 heterocycles. The summed E-state index contributed by atoms with van der Waals surface area (Å²) in [7, 11) is 0. The molecule has 1 amide bonds. The number of hydrogen-bond acceptors (Lipinski definition) is 2. The molecular formula is C20H25NO2. The molecule has 0 saturated carbocycles. The summed E-state index contributed by atoms with van der Waals surface area (Å²) in [5.74, 6) is 0.942. The number of rotatable bonds is 7. The first-order valence-electron chi connectivity index (χ1n) is 8.18. The second kappa shape index (κ2) is 8.37. The largest absolute Gasteiger partial charge is 0.493 e. The quantitative estimate of drug-likeness (QED) is 0.755. The Bertz CT molecular complexity index is 664. The lowest BCUT2D eigenvalue weighted by atomic mass is 10.1. The molecular weight excluding hydrogens is 286 g/mol. The predicted octanol–water partition coefficient (Wildman–Crippen LogP) is 4.66. The Morgan fingerprint density at radius 1 is 1.09 bits per heavy atom. The second-order valence-electron chi connectivity index (χ2n) is 5.71. The smallest absolute Gasteiger partial charge is 0.224 e. The van der Waals surface area contributed by atoms with E-state index in [1.165, 1.54) is 5.56 Å². The van der Waals surface area contributed by atoms with Crippen LogP contribution in [0.5, 0.6) is 5.75 Å². The maximum Gasteiger partial charge on any atom is 0.224 e. The van der Waals surface area contributed by atoms with Gasteiger partial charge in [-0.05, 0) is 55.5 Å². The Balaban J connectivity index is 1.78. The summed E-state index contributed by atoms with van der Waals surface area (Å²) >= 11 is 0. The Morgan fingerprint density at radius 3 is 2.65 bits per heavy atom. The van der Waals surface area contributed by atoms with Crippen molar-refractivity contribution < 1.29 is 9.53 Å². The van der Waals surface area contributed by atoms with Gasteiger partial charge in [-0.15, -0.1) is 0 Å². The van der Waals surface area contributed by atoms with Gasteiger partial charge in [-0.1, -0.05) is 37.3 Å². The maximum absolute atomic E-state index is 12.0. The first-order chi connectivity index (χ1) is 11.1. The number of hydrogen-bond donors (Lipinski definition) is 1. The van der Waals surface area contributed by atoms with E-state index in [1.54, 1.807) is 0 Å². The summed E-state index contributed by atoms with van der Waals surface area (Å²) < 4.78 is 5.78. The van der Waals surface area contributed by atoms with Crippen molar-refractivity contribution >= 4 is 11.6 Å². The molecule has 0 unspecified atom stereocenters. The number of anilines is 1. The monoisotopic (exact) mass is 311 g/mol. The van der Waals surface area contributed by atoms with Crippen LogP contribution in [0.15, 0.2) is 42.5 Å². The van der Waals surface area contributed by atoms with Crippen LogP contribution in [0.4, 0.5) is 5.69 Å². The number of benzene rings is 2. The molecule has 0 spiro atoms. The molecule has 2 aromatic carbocycles. The van der Waals surface area contributed by atoms with Crippen LogP contribution in [0, 0.1) is 13.8 Å². The van der Waals surface area contributed by atoms with Gasteiger partial charge in [0.2, 0.25) is 5.91 Å². The molecule has 0 fully saturated rings. The van der Waals surface area contributed by atoms with E-state index >= 15 is 0 Å². The molecule has 3 heteroatoms. The second-order valence-corrected chi connectivity index (χ2v) is 5.71. The van der Waals surface area contributed by atoms with E-state index in [0.29, 0.717) is 19.4 Å². The number of nitrogens with one attached hydrogen (secondary N) is 1. The summed E-state index contributed by atoms with van der Waals surface area (Å²) in [5.41, 5.74) is 4.45. The third kappa shape index (κ3) is 4.85.